The van der Waals surface area contributed by atoms with E-state index < -0.39 is 24.0 Å². The van der Waals surface area contributed by atoms with Gasteiger partial charge in [0.25, 0.3) is 0 Å². The van der Waals surface area contributed by atoms with Gasteiger partial charge in [0.2, 0.25) is 23.6 Å². The Balaban J connectivity index is 1.08. The number of halogens is 3. The number of carboxylic acids is 1. The number of nitrogens with one attached hydrogen (secondary N) is 3. The summed E-state index contributed by atoms with van der Waals surface area (Å²) in [7, 11) is 0. The van der Waals surface area contributed by atoms with E-state index in [1.807, 2.05) is 17.0 Å². The molecule has 4 heterocycles. The maximum absolute atomic E-state index is 14.0. The molecule has 52 heavy (non-hydrogen) atoms. The van der Waals surface area contributed by atoms with Gasteiger partial charge in [0.1, 0.15) is 17.7 Å². The van der Waals surface area contributed by atoms with E-state index in [0.717, 1.165) is 24.8 Å². The van der Waals surface area contributed by atoms with Gasteiger partial charge in [-0.3, -0.25) is 9.59 Å². The van der Waals surface area contributed by atoms with Gasteiger partial charge < -0.3 is 30.9 Å². The summed E-state index contributed by atoms with van der Waals surface area (Å²) >= 11 is 0. The molecule has 0 saturated carbocycles. The van der Waals surface area contributed by atoms with Crippen molar-refractivity contribution in [3.05, 3.63) is 65.2 Å². The highest BCUT2D eigenvalue weighted by atomic mass is 19.4. The third-order valence-corrected chi connectivity index (χ3v) is 9.18. The summed E-state index contributed by atoms with van der Waals surface area (Å²) in [5.74, 6) is -1.90. The zero-order chi connectivity index (χ0) is 37.1. The number of nitrogens with zero attached hydrogens (tertiary/aromatic N) is 7. The van der Waals surface area contributed by atoms with Crippen LogP contribution in [0.2, 0.25) is 0 Å². The molecule has 1 atom stereocenters. The number of hydrogen-bond acceptors (Lipinski definition) is 11. The van der Waals surface area contributed by atoms with Crippen LogP contribution in [0.5, 0.6) is 0 Å². The molecule has 14 nitrogen and oxygen atoms in total. The summed E-state index contributed by atoms with van der Waals surface area (Å²) in [6.07, 6.45) is 2.59. The zero-order valence-corrected chi connectivity index (χ0v) is 28.5. The molecule has 0 bridgehead atoms. The molecule has 2 aliphatic heterocycles. The Morgan fingerprint density at radius 2 is 1.65 bits per heavy atom. The highest BCUT2D eigenvalue weighted by Gasteiger charge is 2.39. The van der Waals surface area contributed by atoms with E-state index in [-0.39, 0.29) is 35.0 Å². The van der Waals surface area contributed by atoms with Crippen molar-refractivity contribution in [2.24, 2.45) is 5.92 Å². The average Bonchev–Trinajstić information content (AvgIpc) is 3.64. The van der Waals surface area contributed by atoms with Crippen molar-refractivity contribution in [2.45, 2.75) is 63.6 Å². The van der Waals surface area contributed by atoms with E-state index in [9.17, 15) is 27.6 Å². The van der Waals surface area contributed by atoms with Crippen molar-refractivity contribution in [1.29, 1.82) is 5.26 Å². The van der Waals surface area contributed by atoms with Crippen LogP contribution in [-0.2, 0) is 22.2 Å². The second kappa shape index (κ2) is 17.6. The summed E-state index contributed by atoms with van der Waals surface area (Å²) in [4.78, 5) is 55.4. The fourth-order valence-electron chi connectivity index (χ4n) is 6.36. The predicted molar refractivity (Wildman–Crippen MR) is 185 cm³/mol. The lowest BCUT2D eigenvalue weighted by Crippen LogP contribution is -2.44. The molecule has 3 aromatic rings. The van der Waals surface area contributed by atoms with Gasteiger partial charge >= 0.3 is 12.1 Å². The second-order valence-corrected chi connectivity index (χ2v) is 12.8. The van der Waals surface area contributed by atoms with Gasteiger partial charge in [-0.25, -0.2) is 24.7 Å². The van der Waals surface area contributed by atoms with Crippen LogP contribution in [0.4, 0.5) is 30.8 Å². The first-order valence-electron chi connectivity index (χ1n) is 17.3. The van der Waals surface area contributed by atoms with Crippen LogP contribution >= 0.6 is 0 Å². The van der Waals surface area contributed by atoms with E-state index in [1.54, 1.807) is 23.1 Å². The second-order valence-electron chi connectivity index (χ2n) is 12.8. The monoisotopic (exact) mass is 722 g/mol. The zero-order valence-electron chi connectivity index (χ0n) is 28.5. The molecule has 5 rings (SSSR count). The van der Waals surface area contributed by atoms with E-state index in [4.69, 9.17) is 10.4 Å². The van der Waals surface area contributed by atoms with Crippen LogP contribution in [0.25, 0.3) is 0 Å². The summed E-state index contributed by atoms with van der Waals surface area (Å²) in [5.41, 5.74) is 1.48. The molecule has 17 heteroatoms. The highest BCUT2D eigenvalue weighted by Crippen LogP contribution is 2.34. The molecule has 0 unspecified atom stereocenters. The number of carboxylic acid groups (broad SMARTS) is 1. The number of alkyl halides is 3. The van der Waals surface area contributed by atoms with Gasteiger partial charge in [0, 0.05) is 64.1 Å². The molecule has 2 saturated heterocycles. The first-order chi connectivity index (χ1) is 25.0. The predicted octanol–water partition coefficient (Wildman–Crippen LogP) is 3.80. The van der Waals surface area contributed by atoms with Gasteiger partial charge in [-0.05, 0) is 68.6 Å². The van der Waals surface area contributed by atoms with Crippen molar-refractivity contribution >= 4 is 35.4 Å². The smallest absolute Gasteiger partial charge is 0.451 e. The van der Waals surface area contributed by atoms with E-state index in [0.29, 0.717) is 82.9 Å². The summed E-state index contributed by atoms with van der Waals surface area (Å²) in [6.45, 7) is 2.45. The first kappa shape index (κ1) is 37.7. The van der Waals surface area contributed by atoms with Crippen LogP contribution in [0.1, 0.15) is 72.3 Å². The minimum atomic E-state index is -4.76. The molecule has 2 aliphatic rings. The minimum Gasteiger partial charge on any atom is -0.478 e. The van der Waals surface area contributed by atoms with Crippen molar-refractivity contribution in [1.82, 2.24) is 30.6 Å². The maximum Gasteiger partial charge on any atom is 0.451 e. The number of amides is 2. The molecule has 1 aromatic carbocycles. The largest absolute Gasteiger partial charge is 0.478 e. The van der Waals surface area contributed by atoms with Gasteiger partial charge in [-0.15, -0.1) is 0 Å². The van der Waals surface area contributed by atoms with Gasteiger partial charge in [-0.2, -0.15) is 18.4 Å². The third kappa shape index (κ3) is 10.5. The quantitative estimate of drug-likeness (QED) is 0.166. The normalized spacial score (nSPS) is 16.3. The molecular weight excluding hydrogens is 681 g/mol. The van der Waals surface area contributed by atoms with Gasteiger partial charge in [0.05, 0.1) is 17.2 Å². The van der Waals surface area contributed by atoms with Crippen molar-refractivity contribution in [2.75, 3.05) is 54.4 Å². The Morgan fingerprint density at radius 1 is 0.942 bits per heavy atom. The van der Waals surface area contributed by atoms with Crippen LogP contribution in [0, 0.1) is 17.2 Å². The van der Waals surface area contributed by atoms with Crippen molar-refractivity contribution < 1.29 is 32.7 Å². The molecule has 0 aliphatic carbocycles. The lowest BCUT2D eigenvalue weighted by molar-refractivity contribution is -0.144. The van der Waals surface area contributed by atoms with E-state index in [1.165, 1.54) is 12.4 Å². The fraction of sp³-hybridized carbons (Fsp3) is 0.486. The average molecular weight is 723 g/mol. The molecule has 0 radical (unpaired) electrons. The van der Waals surface area contributed by atoms with E-state index in [2.05, 4.69) is 42.0 Å². The fourth-order valence-corrected chi connectivity index (χ4v) is 6.36. The SMILES string of the molecule is N#Cc1ccc(CCNC(=O)[C@@H]2CCCN2c2cc(N3CCC(CCCC(=O)NCCNc4ncc(C(=O)O)cn4)CC3)nc(C(F)(F)F)n2)cc1. The minimum absolute atomic E-state index is 0.0218. The van der Waals surface area contributed by atoms with E-state index >= 15 is 0 Å². The van der Waals surface area contributed by atoms with Crippen molar-refractivity contribution in [3.8, 4) is 6.07 Å². The van der Waals surface area contributed by atoms with Gasteiger partial charge in [0.15, 0.2) is 0 Å². The topological polar surface area (TPSA) is 189 Å². The molecule has 0 spiro atoms. The number of benzene rings is 1. The lowest BCUT2D eigenvalue weighted by Gasteiger charge is -2.34. The van der Waals surface area contributed by atoms with Crippen LogP contribution in [0.15, 0.2) is 42.7 Å². The number of anilines is 3. The lowest BCUT2D eigenvalue weighted by atomic mass is 9.91. The Morgan fingerprint density at radius 3 is 2.33 bits per heavy atom. The van der Waals surface area contributed by atoms with Crippen LogP contribution < -0.4 is 25.8 Å². The molecule has 2 amide bonds. The standard InChI is InChI=1S/C35H41F3N10O4/c36-35(37,38)33-45-28(19-29(46-33)48-16-2-4-27(48)31(50)41-13-10-24-6-8-25(20-39)9-7-24)47-17-11-23(12-18-47)3-1-5-30(49)40-14-15-42-34-43-21-26(22-44-34)32(51)52/h6-9,19,21-23,27H,1-5,10-18H2,(H,40,49)(H,41,50)(H,51,52)(H,42,43,44)/t27-/m0/s1. The van der Waals surface area contributed by atoms with Crippen LogP contribution in [0.3, 0.4) is 0 Å². The van der Waals surface area contributed by atoms with Gasteiger partial charge in [-0.1, -0.05) is 12.1 Å². The molecule has 2 fully saturated rings. The van der Waals surface area contributed by atoms with Crippen LogP contribution in [-0.4, -0.2) is 88.1 Å². The number of nitriles is 1. The number of hydrogen-bond donors (Lipinski definition) is 4. The number of rotatable bonds is 15. The molecule has 276 valence electrons. The number of carbonyl (C=O) groups excluding carboxylic acids is 2. The summed E-state index contributed by atoms with van der Waals surface area (Å²) < 4.78 is 42.0. The Labute approximate surface area is 298 Å². The number of aromatic carboxylic acids is 1. The Kier molecular flexibility index (Phi) is 12.8. The Hall–Kier alpha value is -5.53. The first-order valence-corrected chi connectivity index (χ1v) is 17.3. The molecule has 4 N–H and O–H groups in total. The Bertz CT molecular complexity index is 1730. The van der Waals surface area contributed by atoms with Crippen molar-refractivity contribution in [3.63, 3.8) is 0 Å². The summed E-state index contributed by atoms with van der Waals surface area (Å²) in [6, 6.07) is 10.0. The molecular formula is C35H41F3N10O4. The molecule has 2 aromatic heterocycles. The highest BCUT2D eigenvalue weighted by molar-refractivity contribution is 5.87. The third-order valence-electron chi connectivity index (χ3n) is 9.18. The number of carbonyl (C=O) groups is 3. The maximum atomic E-state index is 14.0. The number of piperidine rings is 1. The number of aromatic nitrogens is 4. The summed E-state index contributed by atoms with van der Waals surface area (Å²) in [5, 5.41) is 26.5.